The van der Waals surface area contributed by atoms with Gasteiger partial charge in [-0.3, -0.25) is 0 Å². The Morgan fingerprint density at radius 2 is 1.75 bits per heavy atom. The Morgan fingerprint density at radius 3 is 2.41 bits per heavy atom. The predicted octanol–water partition coefficient (Wildman–Crippen LogP) is 3.01. The zero-order valence-corrected chi connectivity index (χ0v) is 17.6. The number of amides is 2. The molecule has 0 aromatic heterocycles. The molecule has 0 saturated carbocycles. The van der Waals surface area contributed by atoms with E-state index in [1.165, 1.54) is 31.2 Å². The molecular formula is C23H23FN2O6. The first kappa shape index (κ1) is 22.8. The second-order valence-electron chi connectivity index (χ2n) is 6.88. The summed E-state index contributed by atoms with van der Waals surface area (Å²) in [5, 5.41) is 5.22. The smallest absolute Gasteiger partial charge is 0.347 e. The maximum absolute atomic E-state index is 13.0. The van der Waals surface area contributed by atoms with E-state index >= 15 is 0 Å². The molecule has 8 nitrogen and oxygen atoms in total. The van der Waals surface area contributed by atoms with Gasteiger partial charge in [-0.2, -0.15) is 0 Å². The Hall–Kier alpha value is -3.88. The van der Waals surface area contributed by atoms with E-state index in [0.29, 0.717) is 11.3 Å². The number of rotatable bonds is 8. The molecule has 2 atom stereocenters. The number of halogens is 1. The number of ether oxygens (including phenoxy) is 3. The number of esters is 2. The summed E-state index contributed by atoms with van der Waals surface area (Å²) in [6.07, 6.45) is -1.01. The standard InChI is InChI=1S/C23H23FN2O6/c1-3-30-22(28)19-18(25-23(29)26-20(19)15-7-5-4-6-8-15)13-31-21(27)14(2)32-17-11-9-16(24)10-12-17/h4-12,14,20H,3,13H2,1-2H3,(H2,25,26,29)/t14-,20-/m0/s1. The first-order valence-electron chi connectivity index (χ1n) is 10.0. The summed E-state index contributed by atoms with van der Waals surface area (Å²) in [4.78, 5) is 37.3. The summed E-state index contributed by atoms with van der Waals surface area (Å²) in [6.45, 7) is 2.90. The number of carbonyl (C=O) groups excluding carboxylic acids is 3. The average Bonchev–Trinajstić information content (AvgIpc) is 2.79. The number of urea groups is 1. The van der Waals surface area contributed by atoms with E-state index in [-0.39, 0.29) is 24.5 Å². The highest BCUT2D eigenvalue weighted by atomic mass is 19.1. The molecule has 1 aliphatic heterocycles. The summed E-state index contributed by atoms with van der Waals surface area (Å²) >= 11 is 0. The van der Waals surface area contributed by atoms with Gasteiger partial charge in [0.1, 0.15) is 18.2 Å². The Bertz CT molecular complexity index is 1010. The van der Waals surface area contributed by atoms with Gasteiger partial charge in [0.25, 0.3) is 0 Å². The van der Waals surface area contributed by atoms with E-state index in [0.717, 1.165) is 0 Å². The van der Waals surface area contributed by atoms with Crippen LogP contribution in [0.3, 0.4) is 0 Å². The van der Waals surface area contributed by atoms with E-state index in [1.807, 2.05) is 6.07 Å². The first-order valence-corrected chi connectivity index (χ1v) is 10.0. The van der Waals surface area contributed by atoms with Gasteiger partial charge in [-0.1, -0.05) is 30.3 Å². The van der Waals surface area contributed by atoms with Crippen LogP contribution in [-0.2, 0) is 19.1 Å². The van der Waals surface area contributed by atoms with Crippen LogP contribution >= 0.6 is 0 Å². The van der Waals surface area contributed by atoms with Crippen LogP contribution in [0.25, 0.3) is 0 Å². The van der Waals surface area contributed by atoms with Gasteiger partial charge in [0, 0.05) is 0 Å². The molecule has 1 aliphatic rings. The summed E-state index contributed by atoms with van der Waals surface area (Å²) in [6, 6.07) is 12.8. The minimum atomic E-state index is -1.01. The molecular weight excluding hydrogens is 419 g/mol. The van der Waals surface area contributed by atoms with Crippen LogP contribution in [0.1, 0.15) is 25.5 Å². The molecule has 0 fully saturated rings. The van der Waals surface area contributed by atoms with E-state index in [9.17, 15) is 18.8 Å². The van der Waals surface area contributed by atoms with Crippen molar-refractivity contribution in [2.45, 2.75) is 26.0 Å². The van der Waals surface area contributed by atoms with Crippen molar-refractivity contribution in [3.63, 3.8) is 0 Å². The normalized spacial score (nSPS) is 16.5. The fourth-order valence-corrected chi connectivity index (χ4v) is 3.10. The van der Waals surface area contributed by atoms with Crippen LogP contribution in [0.5, 0.6) is 5.75 Å². The summed E-state index contributed by atoms with van der Waals surface area (Å²) in [5.74, 6) is -1.51. The Balaban J connectivity index is 1.78. The second-order valence-corrected chi connectivity index (χ2v) is 6.88. The van der Waals surface area contributed by atoms with Crippen molar-refractivity contribution in [1.29, 1.82) is 0 Å². The number of benzene rings is 2. The van der Waals surface area contributed by atoms with Crippen LogP contribution in [0.4, 0.5) is 9.18 Å². The lowest BCUT2D eigenvalue weighted by Gasteiger charge is -2.29. The van der Waals surface area contributed by atoms with Crippen molar-refractivity contribution in [3.8, 4) is 5.75 Å². The quantitative estimate of drug-likeness (QED) is 0.610. The molecule has 2 aromatic rings. The minimum Gasteiger partial charge on any atom is -0.479 e. The Kier molecular flexibility index (Phi) is 7.43. The van der Waals surface area contributed by atoms with Crippen molar-refractivity contribution >= 4 is 18.0 Å². The van der Waals surface area contributed by atoms with Gasteiger partial charge < -0.3 is 24.8 Å². The molecule has 9 heteroatoms. The maximum Gasteiger partial charge on any atom is 0.347 e. The van der Waals surface area contributed by atoms with Gasteiger partial charge in [0.05, 0.1) is 23.9 Å². The zero-order valence-electron chi connectivity index (χ0n) is 17.6. The molecule has 0 radical (unpaired) electrons. The highest BCUT2D eigenvalue weighted by Crippen LogP contribution is 2.28. The van der Waals surface area contributed by atoms with Crippen LogP contribution in [0.15, 0.2) is 65.9 Å². The molecule has 0 saturated heterocycles. The van der Waals surface area contributed by atoms with E-state index in [2.05, 4.69) is 10.6 Å². The largest absolute Gasteiger partial charge is 0.479 e. The molecule has 0 spiro atoms. The fourth-order valence-electron chi connectivity index (χ4n) is 3.10. The van der Waals surface area contributed by atoms with E-state index < -0.39 is 35.9 Å². The highest BCUT2D eigenvalue weighted by molar-refractivity contribution is 5.95. The number of hydrogen-bond acceptors (Lipinski definition) is 6. The molecule has 2 aromatic carbocycles. The third kappa shape index (κ3) is 5.63. The Morgan fingerprint density at radius 1 is 1.06 bits per heavy atom. The molecule has 168 valence electrons. The SMILES string of the molecule is CCOC(=O)C1=C(COC(=O)[C@H](C)Oc2ccc(F)cc2)NC(=O)N[C@H]1c1ccccc1. The predicted molar refractivity (Wildman–Crippen MR) is 112 cm³/mol. The zero-order chi connectivity index (χ0) is 23.1. The van der Waals surface area contributed by atoms with Gasteiger partial charge in [0.2, 0.25) is 0 Å². The number of hydrogen-bond donors (Lipinski definition) is 2. The van der Waals surface area contributed by atoms with Crippen molar-refractivity contribution in [3.05, 3.63) is 77.2 Å². The first-order chi connectivity index (χ1) is 15.4. The third-order valence-electron chi connectivity index (χ3n) is 4.60. The van der Waals surface area contributed by atoms with Crippen molar-refractivity contribution in [1.82, 2.24) is 10.6 Å². The van der Waals surface area contributed by atoms with Gasteiger partial charge >= 0.3 is 18.0 Å². The van der Waals surface area contributed by atoms with Crippen molar-refractivity contribution in [2.75, 3.05) is 13.2 Å². The number of carbonyl (C=O) groups is 3. The lowest BCUT2D eigenvalue weighted by molar-refractivity contribution is -0.150. The maximum atomic E-state index is 13.0. The van der Waals surface area contributed by atoms with Crippen molar-refractivity contribution < 1.29 is 33.0 Å². The van der Waals surface area contributed by atoms with Gasteiger partial charge in [-0.05, 0) is 43.7 Å². The Labute approximate surface area is 184 Å². The van der Waals surface area contributed by atoms with Crippen LogP contribution < -0.4 is 15.4 Å². The highest BCUT2D eigenvalue weighted by Gasteiger charge is 2.34. The summed E-state index contributed by atoms with van der Waals surface area (Å²) in [7, 11) is 0. The molecule has 1 heterocycles. The lowest BCUT2D eigenvalue weighted by Crippen LogP contribution is -2.47. The van der Waals surface area contributed by atoms with Gasteiger partial charge in [0.15, 0.2) is 6.10 Å². The van der Waals surface area contributed by atoms with Crippen LogP contribution in [0.2, 0.25) is 0 Å². The molecule has 32 heavy (non-hydrogen) atoms. The fraction of sp³-hybridized carbons (Fsp3) is 0.261. The average molecular weight is 442 g/mol. The molecule has 3 rings (SSSR count). The molecule has 2 amide bonds. The summed E-state index contributed by atoms with van der Waals surface area (Å²) in [5.41, 5.74) is 0.920. The lowest BCUT2D eigenvalue weighted by atomic mass is 9.95. The van der Waals surface area contributed by atoms with E-state index in [1.54, 1.807) is 31.2 Å². The number of nitrogens with one attached hydrogen (secondary N) is 2. The van der Waals surface area contributed by atoms with Crippen molar-refractivity contribution in [2.24, 2.45) is 0 Å². The van der Waals surface area contributed by atoms with E-state index in [4.69, 9.17) is 14.2 Å². The van der Waals surface area contributed by atoms with Crippen LogP contribution in [0, 0.1) is 5.82 Å². The molecule has 2 N–H and O–H groups in total. The summed E-state index contributed by atoms with van der Waals surface area (Å²) < 4.78 is 28.9. The monoisotopic (exact) mass is 442 g/mol. The second kappa shape index (κ2) is 10.4. The third-order valence-corrected chi connectivity index (χ3v) is 4.60. The minimum absolute atomic E-state index is 0.114. The molecule has 0 unspecified atom stereocenters. The van der Waals surface area contributed by atoms with Gasteiger partial charge in [-0.15, -0.1) is 0 Å². The van der Waals surface area contributed by atoms with Crippen LogP contribution in [-0.4, -0.2) is 37.3 Å². The molecule has 0 aliphatic carbocycles. The molecule has 0 bridgehead atoms. The van der Waals surface area contributed by atoms with Gasteiger partial charge in [-0.25, -0.2) is 18.8 Å². The topological polar surface area (TPSA) is 103 Å².